The zero-order chi connectivity index (χ0) is 9.80. The van der Waals surface area contributed by atoms with E-state index >= 15 is 0 Å². The van der Waals surface area contributed by atoms with E-state index in [9.17, 15) is 0 Å². The molecule has 3 nitrogen and oxygen atoms in total. The van der Waals surface area contributed by atoms with Gasteiger partial charge in [0.1, 0.15) is 0 Å². The van der Waals surface area contributed by atoms with Gasteiger partial charge in [0, 0.05) is 16.9 Å². The minimum absolute atomic E-state index is 0.769. The molecule has 0 fully saturated rings. The number of aromatic nitrogens is 3. The normalized spacial score (nSPS) is 11.5. The van der Waals surface area contributed by atoms with Crippen molar-refractivity contribution in [2.75, 3.05) is 5.33 Å². The SMILES string of the molecule is BrCCC=Cc1[nH]nc2ncccc12. The summed E-state index contributed by atoms with van der Waals surface area (Å²) < 4.78 is 0. The Bertz CT molecular complexity index is 447. The van der Waals surface area contributed by atoms with E-state index in [1.54, 1.807) is 6.20 Å². The predicted molar refractivity (Wildman–Crippen MR) is 61.3 cm³/mol. The van der Waals surface area contributed by atoms with Gasteiger partial charge in [0.2, 0.25) is 0 Å². The third-order valence-electron chi connectivity index (χ3n) is 1.92. The van der Waals surface area contributed by atoms with E-state index in [-0.39, 0.29) is 0 Å². The second kappa shape index (κ2) is 4.37. The van der Waals surface area contributed by atoms with Crippen molar-refractivity contribution < 1.29 is 0 Å². The van der Waals surface area contributed by atoms with Crippen molar-refractivity contribution in [1.29, 1.82) is 0 Å². The summed E-state index contributed by atoms with van der Waals surface area (Å²) in [5.41, 5.74) is 1.79. The Labute approximate surface area is 90.4 Å². The summed E-state index contributed by atoms with van der Waals surface area (Å²) >= 11 is 3.37. The van der Waals surface area contributed by atoms with Crippen LogP contribution >= 0.6 is 15.9 Å². The lowest BCUT2D eigenvalue weighted by molar-refractivity contribution is 1.09. The van der Waals surface area contributed by atoms with Crippen LogP contribution in [0.5, 0.6) is 0 Å². The summed E-state index contributed by atoms with van der Waals surface area (Å²) in [6.45, 7) is 0. The maximum Gasteiger partial charge on any atom is 0.181 e. The fraction of sp³-hybridized carbons (Fsp3) is 0.200. The monoisotopic (exact) mass is 251 g/mol. The molecule has 0 saturated heterocycles. The van der Waals surface area contributed by atoms with Gasteiger partial charge in [-0.3, -0.25) is 5.10 Å². The Kier molecular flexibility index (Phi) is 2.93. The number of pyridine rings is 1. The molecule has 14 heavy (non-hydrogen) atoms. The van der Waals surface area contributed by atoms with Gasteiger partial charge in [-0.1, -0.05) is 22.0 Å². The van der Waals surface area contributed by atoms with Crippen LogP contribution in [0.1, 0.15) is 12.1 Å². The molecule has 0 bridgehead atoms. The summed E-state index contributed by atoms with van der Waals surface area (Å²) in [5, 5.41) is 9.10. The van der Waals surface area contributed by atoms with Crippen molar-refractivity contribution in [1.82, 2.24) is 15.2 Å². The Morgan fingerprint density at radius 1 is 1.50 bits per heavy atom. The van der Waals surface area contributed by atoms with E-state index in [1.807, 2.05) is 18.2 Å². The van der Waals surface area contributed by atoms with Crippen molar-refractivity contribution >= 4 is 33.0 Å². The van der Waals surface area contributed by atoms with Crippen molar-refractivity contribution in [3.8, 4) is 0 Å². The first kappa shape index (κ1) is 9.40. The number of H-pyrrole nitrogens is 1. The summed E-state index contributed by atoms with van der Waals surface area (Å²) in [6.07, 6.45) is 6.91. The van der Waals surface area contributed by atoms with Crippen LogP contribution in [0, 0.1) is 0 Å². The molecular weight excluding hydrogens is 242 g/mol. The third-order valence-corrected chi connectivity index (χ3v) is 2.38. The summed E-state index contributed by atoms with van der Waals surface area (Å²) in [5.74, 6) is 0. The molecule has 4 heteroatoms. The lowest BCUT2D eigenvalue weighted by atomic mass is 10.2. The molecule has 0 amide bonds. The molecule has 1 N–H and O–H groups in total. The zero-order valence-electron chi connectivity index (χ0n) is 7.57. The van der Waals surface area contributed by atoms with Crippen LogP contribution in [-0.4, -0.2) is 20.5 Å². The molecular formula is C10H10BrN3. The maximum absolute atomic E-state index is 4.14. The molecule has 0 aliphatic carbocycles. The van der Waals surface area contributed by atoms with Crippen molar-refractivity contribution in [2.24, 2.45) is 0 Å². The van der Waals surface area contributed by atoms with Crippen molar-refractivity contribution in [3.63, 3.8) is 0 Å². The molecule has 0 atom stereocenters. The number of fused-ring (bicyclic) bond motifs is 1. The van der Waals surface area contributed by atoms with Crippen molar-refractivity contribution in [3.05, 3.63) is 30.1 Å². The van der Waals surface area contributed by atoms with Crippen LogP contribution in [0.4, 0.5) is 0 Å². The Morgan fingerprint density at radius 3 is 3.29 bits per heavy atom. The molecule has 72 valence electrons. The van der Waals surface area contributed by atoms with Crippen LogP contribution < -0.4 is 0 Å². The van der Waals surface area contributed by atoms with E-state index < -0.39 is 0 Å². The molecule has 0 aliphatic heterocycles. The predicted octanol–water partition coefficient (Wildman–Crippen LogP) is 2.76. The van der Waals surface area contributed by atoms with Crippen LogP contribution in [0.15, 0.2) is 24.4 Å². The second-order valence-corrected chi connectivity index (χ2v) is 3.68. The molecule has 2 aromatic heterocycles. The first-order valence-corrected chi connectivity index (χ1v) is 5.55. The highest BCUT2D eigenvalue weighted by Gasteiger charge is 2.00. The average molecular weight is 252 g/mol. The van der Waals surface area contributed by atoms with Gasteiger partial charge in [-0.2, -0.15) is 5.10 Å². The van der Waals surface area contributed by atoms with E-state index in [0.29, 0.717) is 0 Å². The van der Waals surface area contributed by atoms with Crippen molar-refractivity contribution in [2.45, 2.75) is 6.42 Å². The number of hydrogen-bond acceptors (Lipinski definition) is 2. The molecule has 0 saturated carbocycles. The van der Waals surface area contributed by atoms with E-state index in [0.717, 1.165) is 28.5 Å². The second-order valence-electron chi connectivity index (χ2n) is 2.89. The molecule has 0 spiro atoms. The Hall–Kier alpha value is -1.16. The number of allylic oxidation sites excluding steroid dienone is 1. The van der Waals surface area contributed by atoms with Crippen LogP contribution in [-0.2, 0) is 0 Å². The van der Waals surface area contributed by atoms with Gasteiger partial charge in [0.05, 0.1) is 5.69 Å². The van der Waals surface area contributed by atoms with E-state index in [2.05, 4.69) is 37.2 Å². The van der Waals surface area contributed by atoms with Gasteiger partial charge in [-0.05, 0) is 24.6 Å². The number of halogens is 1. The fourth-order valence-corrected chi connectivity index (χ4v) is 1.53. The number of aromatic amines is 1. The molecule has 0 aromatic carbocycles. The minimum Gasteiger partial charge on any atom is -0.276 e. The standard InChI is InChI=1S/C10H10BrN3/c11-6-2-1-5-9-8-4-3-7-12-10(8)14-13-9/h1,3-5,7H,2,6H2,(H,12,13,14). The molecule has 2 rings (SSSR count). The van der Waals surface area contributed by atoms with Crippen LogP contribution in [0.3, 0.4) is 0 Å². The first-order chi connectivity index (χ1) is 6.92. The third kappa shape index (κ3) is 1.85. The first-order valence-electron chi connectivity index (χ1n) is 4.43. The highest BCUT2D eigenvalue weighted by Crippen LogP contribution is 2.14. The lowest BCUT2D eigenvalue weighted by Gasteiger charge is -1.88. The van der Waals surface area contributed by atoms with Gasteiger partial charge in [0.25, 0.3) is 0 Å². The summed E-state index contributed by atoms with van der Waals surface area (Å²) in [7, 11) is 0. The number of alkyl halides is 1. The maximum atomic E-state index is 4.14. The summed E-state index contributed by atoms with van der Waals surface area (Å²) in [4.78, 5) is 4.14. The topological polar surface area (TPSA) is 41.6 Å². The van der Waals surface area contributed by atoms with E-state index in [1.165, 1.54) is 0 Å². The number of nitrogens with zero attached hydrogens (tertiary/aromatic N) is 2. The Morgan fingerprint density at radius 2 is 2.43 bits per heavy atom. The van der Waals surface area contributed by atoms with Crippen LogP contribution in [0.2, 0.25) is 0 Å². The number of rotatable bonds is 3. The molecule has 0 aliphatic rings. The largest absolute Gasteiger partial charge is 0.276 e. The van der Waals surface area contributed by atoms with Gasteiger partial charge < -0.3 is 0 Å². The lowest BCUT2D eigenvalue weighted by Crippen LogP contribution is -1.73. The van der Waals surface area contributed by atoms with Gasteiger partial charge in [-0.15, -0.1) is 0 Å². The number of hydrogen-bond donors (Lipinski definition) is 1. The highest BCUT2D eigenvalue weighted by atomic mass is 79.9. The van der Waals surface area contributed by atoms with Crippen LogP contribution in [0.25, 0.3) is 17.1 Å². The average Bonchev–Trinajstić information content (AvgIpc) is 2.63. The quantitative estimate of drug-likeness (QED) is 0.853. The fourth-order valence-electron chi connectivity index (χ4n) is 1.26. The van der Waals surface area contributed by atoms with Gasteiger partial charge >= 0.3 is 0 Å². The molecule has 0 radical (unpaired) electrons. The summed E-state index contributed by atoms with van der Waals surface area (Å²) in [6, 6.07) is 3.93. The number of nitrogens with one attached hydrogen (secondary N) is 1. The highest BCUT2D eigenvalue weighted by molar-refractivity contribution is 9.09. The zero-order valence-corrected chi connectivity index (χ0v) is 9.16. The smallest absolute Gasteiger partial charge is 0.181 e. The molecule has 2 aromatic rings. The van der Waals surface area contributed by atoms with E-state index in [4.69, 9.17) is 0 Å². The Balaban J connectivity index is 2.34. The van der Waals surface area contributed by atoms with Gasteiger partial charge in [-0.25, -0.2) is 4.98 Å². The minimum atomic E-state index is 0.769. The molecule has 2 heterocycles. The molecule has 0 unspecified atom stereocenters. The van der Waals surface area contributed by atoms with Gasteiger partial charge in [0.15, 0.2) is 5.65 Å².